The van der Waals surface area contributed by atoms with Crippen LogP contribution >= 0.6 is 15.9 Å². The van der Waals surface area contributed by atoms with E-state index in [1.165, 1.54) is 18.6 Å². The van der Waals surface area contributed by atoms with Crippen LogP contribution in [0.3, 0.4) is 0 Å². The molecule has 1 saturated carbocycles. The van der Waals surface area contributed by atoms with E-state index in [9.17, 15) is 13.2 Å². The average Bonchev–Trinajstić information content (AvgIpc) is 2.36. The summed E-state index contributed by atoms with van der Waals surface area (Å²) in [6.45, 7) is 4.38. The molecule has 0 amide bonds. The highest BCUT2D eigenvalue weighted by Gasteiger charge is 2.34. The third-order valence-electron chi connectivity index (χ3n) is 4.41. The molecule has 0 radical (unpaired) electrons. The molecule has 1 nitrogen and oxygen atoms in total. The first-order valence-corrected chi connectivity index (χ1v) is 8.10. The normalized spacial score (nSPS) is 28.4. The number of nitrogens with two attached hydrogens (primary N) is 1. The maximum absolute atomic E-state index is 12.9. The SMILES string of the molecule is CC1CC(C)CC(C(N)c2cc(C(F)(F)F)ccc2Br)C1. The van der Waals surface area contributed by atoms with Crippen molar-refractivity contribution < 1.29 is 13.2 Å². The Morgan fingerprint density at radius 1 is 1.14 bits per heavy atom. The van der Waals surface area contributed by atoms with Gasteiger partial charge in [-0.2, -0.15) is 13.2 Å². The molecule has 3 atom stereocenters. The summed E-state index contributed by atoms with van der Waals surface area (Å²) in [6.07, 6.45) is -1.20. The first-order chi connectivity index (χ1) is 9.68. The lowest BCUT2D eigenvalue weighted by Gasteiger charge is -2.35. The van der Waals surface area contributed by atoms with Gasteiger partial charge in [-0.15, -0.1) is 0 Å². The van der Waals surface area contributed by atoms with E-state index >= 15 is 0 Å². The van der Waals surface area contributed by atoms with Gasteiger partial charge < -0.3 is 5.73 Å². The van der Waals surface area contributed by atoms with Crippen LogP contribution in [-0.4, -0.2) is 0 Å². The van der Waals surface area contributed by atoms with Gasteiger partial charge in [0, 0.05) is 10.5 Å². The molecule has 0 bridgehead atoms. The van der Waals surface area contributed by atoms with Crippen molar-refractivity contribution in [3.63, 3.8) is 0 Å². The summed E-state index contributed by atoms with van der Waals surface area (Å²) in [4.78, 5) is 0. The first kappa shape index (κ1) is 16.8. The number of hydrogen-bond donors (Lipinski definition) is 1. The molecular weight excluding hydrogens is 343 g/mol. The highest BCUT2D eigenvalue weighted by molar-refractivity contribution is 9.10. The molecule has 0 saturated heterocycles. The van der Waals surface area contributed by atoms with Crippen molar-refractivity contribution in [2.45, 2.75) is 45.3 Å². The lowest BCUT2D eigenvalue weighted by molar-refractivity contribution is -0.137. The molecule has 1 aromatic rings. The third kappa shape index (κ3) is 4.01. The minimum atomic E-state index is -4.33. The molecule has 1 aromatic carbocycles. The minimum Gasteiger partial charge on any atom is -0.324 e. The molecule has 3 unspecified atom stereocenters. The van der Waals surface area contributed by atoms with Crippen molar-refractivity contribution in [3.8, 4) is 0 Å². The van der Waals surface area contributed by atoms with E-state index < -0.39 is 11.7 Å². The maximum Gasteiger partial charge on any atom is 0.416 e. The molecule has 5 heteroatoms. The Hall–Kier alpha value is -0.550. The predicted octanol–water partition coefficient (Wildman–Crippen LogP) is 5.54. The molecule has 1 fully saturated rings. The second-order valence-corrected chi connectivity index (χ2v) is 7.29. The molecule has 2 rings (SSSR count). The van der Waals surface area contributed by atoms with Crippen molar-refractivity contribution in [3.05, 3.63) is 33.8 Å². The summed E-state index contributed by atoms with van der Waals surface area (Å²) in [6, 6.07) is 3.38. The Balaban J connectivity index is 2.28. The lowest BCUT2D eigenvalue weighted by atomic mass is 9.72. The second-order valence-electron chi connectivity index (χ2n) is 6.44. The van der Waals surface area contributed by atoms with Crippen LogP contribution in [-0.2, 0) is 6.18 Å². The van der Waals surface area contributed by atoms with Crippen LogP contribution in [0.4, 0.5) is 13.2 Å². The standard InChI is InChI=1S/C16H21BrF3N/c1-9-5-10(2)7-11(6-9)15(21)13-8-12(16(18,19)20)3-4-14(13)17/h3-4,8-11,15H,5-7,21H2,1-2H3. The van der Waals surface area contributed by atoms with Crippen LogP contribution in [0.1, 0.15) is 50.3 Å². The van der Waals surface area contributed by atoms with Crippen LogP contribution in [0.15, 0.2) is 22.7 Å². The summed E-state index contributed by atoms with van der Waals surface area (Å²) in [5.74, 6) is 1.40. The van der Waals surface area contributed by atoms with Crippen LogP contribution < -0.4 is 5.73 Å². The Kier molecular flexibility index (Phi) is 5.03. The van der Waals surface area contributed by atoms with E-state index in [0.717, 1.165) is 18.9 Å². The van der Waals surface area contributed by atoms with Gasteiger partial charge >= 0.3 is 6.18 Å². The van der Waals surface area contributed by atoms with Crippen molar-refractivity contribution in [1.29, 1.82) is 0 Å². The minimum absolute atomic E-state index is 0.239. The van der Waals surface area contributed by atoms with Gasteiger partial charge in [-0.1, -0.05) is 29.8 Å². The van der Waals surface area contributed by atoms with Gasteiger partial charge in [-0.25, -0.2) is 0 Å². The Morgan fingerprint density at radius 2 is 1.71 bits per heavy atom. The molecule has 0 aromatic heterocycles. The van der Waals surface area contributed by atoms with Crippen molar-refractivity contribution in [1.82, 2.24) is 0 Å². The molecule has 0 heterocycles. The predicted molar refractivity (Wildman–Crippen MR) is 81.7 cm³/mol. The Bertz CT molecular complexity index is 491. The number of halogens is 4. The van der Waals surface area contributed by atoms with Gasteiger partial charge in [-0.3, -0.25) is 0 Å². The Morgan fingerprint density at radius 3 is 2.24 bits per heavy atom. The van der Waals surface area contributed by atoms with Crippen molar-refractivity contribution >= 4 is 15.9 Å². The fourth-order valence-corrected chi connectivity index (χ4v) is 4.04. The molecule has 0 aliphatic heterocycles. The van der Waals surface area contributed by atoms with Gasteiger partial charge in [-0.05, 0) is 60.8 Å². The topological polar surface area (TPSA) is 26.0 Å². The number of alkyl halides is 3. The third-order valence-corrected chi connectivity index (χ3v) is 5.13. The van der Waals surface area contributed by atoms with Gasteiger partial charge in [0.2, 0.25) is 0 Å². The van der Waals surface area contributed by atoms with Gasteiger partial charge in [0.05, 0.1) is 5.56 Å². The second kappa shape index (κ2) is 6.29. The zero-order valence-corrected chi connectivity index (χ0v) is 13.8. The summed E-state index contributed by atoms with van der Waals surface area (Å²) < 4.78 is 39.3. The molecular formula is C16H21BrF3N. The van der Waals surface area contributed by atoms with E-state index in [1.807, 2.05) is 0 Å². The Labute approximate surface area is 132 Å². The number of hydrogen-bond acceptors (Lipinski definition) is 1. The van der Waals surface area contributed by atoms with Gasteiger partial charge in [0.25, 0.3) is 0 Å². The first-order valence-electron chi connectivity index (χ1n) is 7.30. The van der Waals surface area contributed by atoms with Crippen LogP contribution in [0.25, 0.3) is 0 Å². The van der Waals surface area contributed by atoms with Gasteiger partial charge in [0.15, 0.2) is 0 Å². The summed E-state index contributed by atoms with van der Waals surface area (Å²) in [7, 11) is 0. The molecule has 118 valence electrons. The summed E-state index contributed by atoms with van der Waals surface area (Å²) in [5.41, 5.74) is 6.24. The molecule has 21 heavy (non-hydrogen) atoms. The van der Waals surface area contributed by atoms with E-state index in [1.54, 1.807) is 0 Å². The van der Waals surface area contributed by atoms with Gasteiger partial charge in [0.1, 0.15) is 0 Å². The van der Waals surface area contributed by atoms with Crippen molar-refractivity contribution in [2.24, 2.45) is 23.5 Å². The smallest absolute Gasteiger partial charge is 0.324 e. The quantitative estimate of drug-likeness (QED) is 0.733. The highest BCUT2D eigenvalue weighted by atomic mass is 79.9. The van der Waals surface area contributed by atoms with E-state index in [4.69, 9.17) is 5.73 Å². The van der Waals surface area contributed by atoms with E-state index in [2.05, 4.69) is 29.8 Å². The monoisotopic (exact) mass is 363 g/mol. The average molecular weight is 364 g/mol. The summed E-state index contributed by atoms with van der Waals surface area (Å²) >= 11 is 3.35. The zero-order chi connectivity index (χ0) is 15.8. The van der Waals surface area contributed by atoms with Crippen LogP contribution in [0.2, 0.25) is 0 Å². The molecule has 2 N–H and O–H groups in total. The summed E-state index contributed by atoms with van der Waals surface area (Å²) in [5, 5.41) is 0. The lowest BCUT2D eigenvalue weighted by Crippen LogP contribution is -2.29. The molecule has 0 spiro atoms. The highest BCUT2D eigenvalue weighted by Crippen LogP contribution is 2.41. The van der Waals surface area contributed by atoms with Crippen LogP contribution in [0, 0.1) is 17.8 Å². The largest absolute Gasteiger partial charge is 0.416 e. The fraction of sp³-hybridized carbons (Fsp3) is 0.625. The molecule has 1 aliphatic carbocycles. The number of benzene rings is 1. The zero-order valence-electron chi connectivity index (χ0n) is 12.3. The van der Waals surface area contributed by atoms with Crippen LogP contribution in [0.5, 0.6) is 0 Å². The van der Waals surface area contributed by atoms with Crippen molar-refractivity contribution in [2.75, 3.05) is 0 Å². The van der Waals surface area contributed by atoms with E-state index in [-0.39, 0.29) is 12.0 Å². The fourth-order valence-electron chi connectivity index (χ4n) is 3.53. The molecule has 1 aliphatic rings. The maximum atomic E-state index is 12.9. The van der Waals surface area contributed by atoms with E-state index in [0.29, 0.717) is 21.9 Å². The number of rotatable bonds is 2.